The fraction of sp³-hybridized carbons (Fsp3) is 0.833. The Balaban J connectivity index is 1.89. The van der Waals surface area contributed by atoms with Gasteiger partial charge in [-0.25, -0.2) is 4.79 Å². The van der Waals surface area contributed by atoms with Gasteiger partial charge in [0, 0.05) is 19.6 Å². The Kier molecular flexibility index (Phi) is 4.50. The van der Waals surface area contributed by atoms with E-state index in [1.165, 1.54) is 29.5 Å². The zero-order chi connectivity index (χ0) is 13.1. The Labute approximate surface area is 111 Å². The minimum absolute atomic E-state index is 0.104. The first-order valence-corrected chi connectivity index (χ1v) is 7.64. The molecule has 6 heteroatoms. The summed E-state index contributed by atoms with van der Waals surface area (Å²) in [4.78, 5) is 24.5. The van der Waals surface area contributed by atoms with E-state index in [0.717, 1.165) is 0 Å². The van der Waals surface area contributed by atoms with Gasteiger partial charge in [0.05, 0.1) is 11.9 Å². The second kappa shape index (κ2) is 5.93. The van der Waals surface area contributed by atoms with Gasteiger partial charge in [-0.1, -0.05) is 0 Å². The molecule has 2 atom stereocenters. The number of likely N-dealkylation sites (tertiary alicyclic amines) is 1. The number of hydrogen-bond acceptors (Lipinski definition) is 4. The average molecular weight is 273 g/mol. The zero-order valence-electron chi connectivity index (χ0n) is 10.5. The van der Waals surface area contributed by atoms with Gasteiger partial charge in [0.15, 0.2) is 0 Å². The van der Waals surface area contributed by atoms with Crippen molar-refractivity contribution in [3.05, 3.63) is 0 Å². The van der Waals surface area contributed by atoms with Crippen molar-refractivity contribution in [2.45, 2.75) is 31.4 Å². The average Bonchev–Trinajstić information content (AvgIpc) is 3.04. The number of thioether (sulfide) groups is 1. The van der Waals surface area contributed by atoms with Gasteiger partial charge in [0.25, 0.3) is 0 Å². The Morgan fingerprint density at radius 3 is 2.72 bits per heavy atom. The SMILES string of the molecule is CSCC(=O)N1CC(OCC2CC2)CC1C(=O)O. The highest BCUT2D eigenvalue weighted by Crippen LogP contribution is 2.30. The van der Waals surface area contributed by atoms with Crippen LogP contribution in [0.5, 0.6) is 0 Å². The van der Waals surface area contributed by atoms with Crippen LogP contribution in [0.4, 0.5) is 0 Å². The molecule has 102 valence electrons. The second-order valence-corrected chi connectivity index (χ2v) is 5.83. The highest BCUT2D eigenvalue weighted by Gasteiger charge is 2.40. The molecule has 1 aliphatic carbocycles. The third-order valence-electron chi connectivity index (χ3n) is 3.40. The number of rotatable bonds is 6. The van der Waals surface area contributed by atoms with Crippen LogP contribution >= 0.6 is 11.8 Å². The maximum absolute atomic E-state index is 11.8. The van der Waals surface area contributed by atoms with Crippen LogP contribution in [-0.4, -0.2) is 59.2 Å². The van der Waals surface area contributed by atoms with Crippen molar-refractivity contribution in [1.82, 2.24) is 4.90 Å². The summed E-state index contributed by atoms with van der Waals surface area (Å²) in [6.45, 7) is 1.13. The molecule has 1 amide bonds. The Hall–Kier alpha value is -0.750. The van der Waals surface area contributed by atoms with Crippen LogP contribution in [0.15, 0.2) is 0 Å². The Morgan fingerprint density at radius 1 is 1.44 bits per heavy atom. The van der Waals surface area contributed by atoms with E-state index in [9.17, 15) is 9.59 Å². The quantitative estimate of drug-likeness (QED) is 0.776. The summed E-state index contributed by atoms with van der Waals surface area (Å²) in [5.74, 6) is -0.0438. The summed E-state index contributed by atoms with van der Waals surface area (Å²) < 4.78 is 5.70. The van der Waals surface area contributed by atoms with Gasteiger partial charge < -0.3 is 14.7 Å². The van der Waals surface area contributed by atoms with E-state index in [2.05, 4.69) is 0 Å². The lowest BCUT2D eigenvalue weighted by molar-refractivity contribution is -0.147. The molecular formula is C12H19NO4S. The van der Waals surface area contributed by atoms with E-state index in [0.29, 0.717) is 31.2 Å². The minimum Gasteiger partial charge on any atom is -0.480 e. The van der Waals surface area contributed by atoms with E-state index in [4.69, 9.17) is 9.84 Å². The van der Waals surface area contributed by atoms with Crippen molar-refractivity contribution >= 4 is 23.6 Å². The van der Waals surface area contributed by atoms with Crippen molar-refractivity contribution in [3.63, 3.8) is 0 Å². The number of ether oxygens (including phenoxy) is 1. The molecule has 0 aromatic heterocycles. The topological polar surface area (TPSA) is 66.8 Å². The van der Waals surface area contributed by atoms with Gasteiger partial charge in [-0.15, -0.1) is 0 Å². The number of carbonyl (C=O) groups is 2. The molecule has 18 heavy (non-hydrogen) atoms. The Bertz CT molecular complexity index is 332. The smallest absolute Gasteiger partial charge is 0.326 e. The van der Waals surface area contributed by atoms with Gasteiger partial charge >= 0.3 is 5.97 Å². The Morgan fingerprint density at radius 2 is 2.17 bits per heavy atom. The molecule has 1 N–H and O–H groups in total. The first-order valence-electron chi connectivity index (χ1n) is 6.24. The molecule has 1 heterocycles. The molecule has 2 unspecified atom stereocenters. The minimum atomic E-state index is -0.929. The zero-order valence-corrected chi connectivity index (χ0v) is 11.3. The monoisotopic (exact) mass is 273 g/mol. The predicted octanol–water partition coefficient (Wildman–Crippen LogP) is 0.830. The summed E-state index contributed by atoms with van der Waals surface area (Å²) >= 11 is 1.41. The number of nitrogens with zero attached hydrogens (tertiary/aromatic N) is 1. The maximum atomic E-state index is 11.8. The van der Waals surface area contributed by atoms with Crippen molar-refractivity contribution in [1.29, 1.82) is 0 Å². The number of carbonyl (C=O) groups excluding carboxylic acids is 1. The molecule has 2 aliphatic rings. The van der Waals surface area contributed by atoms with E-state index in [1.807, 2.05) is 6.26 Å². The van der Waals surface area contributed by atoms with E-state index >= 15 is 0 Å². The van der Waals surface area contributed by atoms with E-state index < -0.39 is 12.0 Å². The van der Waals surface area contributed by atoms with Crippen LogP contribution in [0.2, 0.25) is 0 Å². The number of aliphatic carboxylic acids is 1. The normalized spacial score (nSPS) is 27.5. The molecule has 2 rings (SSSR count). The van der Waals surface area contributed by atoms with Crippen LogP contribution in [0.25, 0.3) is 0 Å². The lowest BCUT2D eigenvalue weighted by atomic mass is 10.2. The molecule has 1 saturated heterocycles. The standard InChI is InChI=1S/C12H19NO4S/c1-18-7-11(14)13-5-9(4-10(13)12(15)16)17-6-8-2-3-8/h8-10H,2-7H2,1H3,(H,15,16). The van der Waals surface area contributed by atoms with Gasteiger partial charge in [0.2, 0.25) is 5.91 Å². The van der Waals surface area contributed by atoms with E-state index in [1.54, 1.807) is 0 Å². The number of carboxylic acids is 1. The van der Waals surface area contributed by atoms with Gasteiger partial charge in [-0.3, -0.25) is 4.79 Å². The summed E-state index contributed by atoms with van der Waals surface area (Å²) in [6, 6.07) is -0.714. The lowest BCUT2D eigenvalue weighted by Crippen LogP contribution is -2.41. The van der Waals surface area contributed by atoms with Crippen LogP contribution in [0.1, 0.15) is 19.3 Å². The molecule has 2 fully saturated rings. The molecule has 0 bridgehead atoms. The first kappa shape index (κ1) is 13.7. The second-order valence-electron chi connectivity index (χ2n) is 4.97. The fourth-order valence-corrected chi connectivity index (χ4v) is 2.60. The molecule has 5 nitrogen and oxygen atoms in total. The van der Waals surface area contributed by atoms with Gasteiger partial charge in [-0.05, 0) is 25.0 Å². The van der Waals surface area contributed by atoms with Crippen LogP contribution < -0.4 is 0 Å². The third-order valence-corrected chi connectivity index (χ3v) is 3.94. The molecule has 0 aromatic carbocycles. The summed E-state index contributed by atoms with van der Waals surface area (Å²) in [5, 5.41) is 9.15. The highest BCUT2D eigenvalue weighted by molar-refractivity contribution is 7.99. The van der Waals surface area contributed by atoms with Crippen molar-refractivity contribution in [2.24, 2.45) is 5.92 Å². The van der Waals surface area contributed by atoms with Crippen LogP contribution in [0.3, 0.4) is 0 Å². The van der Waals surface area contributed by atoms with Crippen molar-refractivity contribution in [2.75, 3.05) is 25.2 Å². The predicted molar refractivity (Wildman–Crippen MR) is 68.6 cm³/mol. The van der Waals surface area contributed by atoms with Crippen molar-refractivity contribution < 1.29 is 19.4 Å². The third kappa shape index (κ3) is 3.38. The first-order chi connectivity index (χ1) is 8.61. The maximum Gasteiger partial charge on any atom is 0.326 e. The number of hydrogen-bond donors (Lipinski definition) is 1. The van der Waals surface area contributed by atoms with Crippen LogP contribution in [0, 0.1) is 5.92 Å². The van der Waals surface area contributed by atoms with Gasteiger partial charge in [0.1, 0.15) is 6.04 Å². The highest BCUT2D eigenvalue weighted by atomic mass is 32.2. The fourth-order valence-electron chi connectivity index (χ4n) is 2.19. The van der Waals surface area contributed by atoms with Gasteiger partial charge in [-0.2, -0.15) is 11.8 Å². The molecule has 1 aliphatic heterocycles. The van der Waals surface area contributed by atoms with Crippen molar-refractivity contribution in [3.8, 4) is 0 Å². The summed E-state index contributed by atoms with van der Waals surface area (Å²) in [7, 11) is 0. The molecular weight excluding hydrogens is 254 g/mol. The number of amides is 1. The van der Waals surface area contributed by atoms with Crippen LogP contribution in [-0.2, 0) is 14.3 Å². The number of carboxylic acid groups (broad SMARTS) is 1. The summed E-state index contributed by atoms with van der Waals surface area (Å²) in [6.07, 6.45) is 4.57. The largest absolute Gasteiger partial charge is 0.480 e. The molecule has 0 aromatic rings. The summed E-state index contributed by atoms with van der Waals surface area (Å²) in [5.41, 5.74) is 0. The van der Waals surface area contributed by atoms with E-state index in [-0.39, 0.29) is 12.0 Å². The lowest BCUT2D eigenvalue weighted by Gasteiger charge is -2.20. The molecule has 0 spiro atoms. The molecule has 0 radical (unpaired) electrons. The molecule has 1 saturated carbocycles.